The van der Waals surface area contributed by atoms with Gasteiger partial charge in [-0.1, -0.05) is 6.07 Å². The van der Waals surface area contributed by atoms with E-state index in [9.17, 15) is 18.0 Å². The number of hydrogen-bond acceptors (Lipinski definition) is 2. The van der Waals surface area contributed by atoms with E-state index in [1.807, 2.05) is 0 Å². The molecule has 0 N–H and O–H groups in total. The van der Waals surface area contributed by atoms with Crippen LogP contribution < -0.4 is 0 Å². The third-order valence-electron chi connectivity index (χ3n) is 3.40. The number of hydrogen-bond donors (Lipinski definition) is 0. The number of likely N-dealkylation sites (tertiary alicyclic amines) is 1. The highest BCUT2D eigenvalue weighted by Crippen LogP contribution is 2.30. The Morgan fingerprint density at radius 1 is 1.30 bits per heavy atom. The van der Waals surface area contributed by atoms with Gasteiger partial charge in [-0.25, -0.2) is 0 Å². The Bertz CT molecular complexity index is 540. The van der Waals surface area contributed by atoms with Crippen LogP contribution in [0.5, 0.6) is 0 Å². The highest BCUT2D eigenvalue weighted by Gasteiger charge is 2.31. The molecule has 1 saturated heterocycles. The lowest BCUT2D eigenvalue weighted by atomic mass is 9.98. The molecule has 1 amide bonds. The molecule has 0 spiro atoms. The van der Waals surface area contributed by atoms with Crippen LogP contribution in [0.2, 0.25) is 0 Å². The zero-order valence-electron chi connectivity index (χ0n) is 10.7. The molecule has 0 aliphatic carbocycles. The minimum absolute atomic E-state index is 0.0373. The molecule has 6 heteroatoms. The van der Waals surface area contributed by atoms with Gasteiger partial charge in [0.05, 0.1) is 11.6 Å². The summed E-state index contributed by atoms with van der Waals surface area (Å²) in [6, 6.07) is 6.58. The molecule has 20 heavy (non-hydrogen) atoms. The topological polar surface area (TPSA) is 44.1 Å². The smallest absolute Gasteiger partial charge is 0.339 e. The Morgan fingerprint density at radius 2 is 1.95 bits per heavy atom. The summed E-state index contributed by atoms with van der Waals surface area (Å²) in [4.78, 5) is 13.7. The molecule has 1 aliphatic heterocycles. The van der Waals surface area contributed by atoms with E-state index in [1.165, 1.54) is 17.0 Å². The summed E-state index contributed by atoms with van der Waals surface area (Å²) in [5.74, 6) is -0.479. The lowest BCUT2D eigenvalue weighted by Gasteiger charge is -2.29. The Hall–Kier alpha value is -2.03. The van der Waals surface area contributed by atoms with Crippen molar-refractivity contribution in [3.05, 3.63) is 35.4 Å². The van der Waals surface area contributed by atoms with Crippen molar-refractivity contribution in [2.24, 2.45) is 5.92 Å². The van der Waals surface area contributed by atoms with Crippen LogP contribution in [-0.4, -0.2) is 23.9 Å². The first-order valence-electron chi connectivity index (χ1n) is 6.28. The molecule has 1 aromatic carbocycles. The minimum Gasteiger partial charge on any atom is -0.339 e. The number of piperidine rings is 1. The number of benzene rings is 1. The van der Waals surface area contributed by atoms with E-state index in [-0.39, 0.29) is 11.5 Å². The monoisotopic (exact) mass is 282 g/mol. The molecule has 0 bridgehead atoms. The van der Waals surface area contributed by atoms with Crippen LogP contribution in [0.25, 0.3) is 0 Å². The molecule has 1 aromatic rings. The van der Waals surface area contributed by atoms with E-state index < -0.39 is 17.6 Å². The molecular formula is C14H13F3N2O. The quantitative estimate of drug-likeness (QED) is 0.794. The Morgan fingerprint density at radius 3 is 2.50 bits per heavy atom. The van der Waals surface area contributed by atoms with Gasteiger partial charge in [0.25, 0.3) is 5.91 Å². The summed E-state index contributed by atoms with van der Waals surface area (Å²) in [5.41, 5.74) is -0.787. The van der Waals surface area contributed by atoms with Crippen LogP contribution >= 0.6 is 0 Å². The van der Waals surface area contributed by atoms with Crippen molar-refractivity contribution in [2.75, 3.05) is 13.1 Å². The van der Waals surface area contributed by atoms with Crippen LogP contribution in [0, 0.1) is 17.2 Å². The van der Waals surface area contributed by atoms with Gasteiger partial charge in [-0.05, 0) is 31.0 Å². The molecule has 2 rings (SSSR count). The number of halogens is 3. The molecule has 1 heterocycles. The first kappa shape index (κ1) is 14.4. The van der Waals surface area contributed by atoms with Gasteiger partial charge in [0.15, 0.2) is 0 Å². The predicted molar refractivity (Wildman–Crippen MR) is 65.7 cm³/mol. The molecule has 0 atom stereocenters. The lowest BCUT2D eigenvalue weighted by Crippen LogP contribution is -2.38. The van der Waals surface area contributed by atoms with E-state index >= 15 is 0 Å². The van der Waals surface area contributed by atoms with Crippen LogP contribution in [0.15, 0.2) is 24.3 Å². The van der Waals surface area contributed by atoms with Crippen molar-refractivity contribution < 1.29 is 18.0 Å². The number of rotatable bonds is 1. The van der Waals surface area contributed by atoms with Crippen LogP contribution in [-0.2, 0) is 6.18 Å². The maximum absolute atomic E-state index is 12.6. The van der Waals surface area contributed by atoms with Crippen LogP contribution in [0.1, 0.15) is 28.8 Å². The minimum atomic E-state index is -4.45. The molecule has 106 valence electrons. The van der Waals surface area contributed by atoms with Crippen molar-refractivity contribution >= 4 is 5.91 Å². The zero-order chi connectivity index (χ0) is 14.8. The van der Waals surface area contributed by atoms with E-state index in [2.05, 4.69) is 6.07 Å². The Labute approximate surface area is 114 Å². The molecule has 0 radical (unpaired) electrons. The Kier molecular flexibility index (Phi) is 3.98. The zero-order valence-corrected chi connectivity index (χ0v) is 10.7. The third kappa shape index (κ3) is 3.10. The second-order valence-corrected chi connectivity index (χ2v) is 4.77. The van der Waals surface area contributed by atoms with Crippen LogP contribution in [0.4, 0.5) is 13.2 Å². The van der Waals surface area contributed by atoms with Gasteiger partial charge >= 0.3 is 6.18 Å². The van der Waals surface area contributed by atoms with Crippen molar-refractivity contribution in [2.45, 2.75) is 19.0 Å². The normalized spacial score (nSPS) is 16.8. The summed E-state index contributed by atoms with van der Waals surface area (Å²) in [6.45, 7) is 0.820. The number of alkyl halides is 3. The fourth-order valence-corrected chi connectivity index (χ4v) is 2.22. The van der Waals surface area contributed by atoms with Gasteiger partial charge < -0.3 is 4.90 Å². The van der Waals surface area contributed by atoms with Gasteiger partial charge in [0, 0.05) is 24.6 Å². The van der Waals surface area contributed by atoms with E-state index in [0.717, 1.165) is 12.1 Å². The summed E-state index contributed by atoms with van der Waals surface area (Å²) in [6.07, 6.45) is -3.31. The largest absolute Gasteiger partial charge is 0.416 e. The highest BCUT2D eigenvalue weighted by molar-refractivity contribution is 5.94. The number of amides is 1. The molecule has 3 nitrogen and oxygen atoms in total. The maximum Gasteiger partial charge on any atom is 0.416 e. The summed E-state index contributed by atoms with van der Waals surface area (Å²) >= 11 is 0. The highest BCUT2D eigenvalue weighted by atomic mass is 19.4. The third-order valence-corrected chi connectivity index (χ3v) is 3.40. The molecule has 0 unspecified atom stereocenters. The number of nitriles is 1. The average Bonchev–Trinajstić information content (AvgIpc) is 2.46. The molecule has 1 fully saturated rings. The van der Waals surface area contributed by atoms with Gasteiger partial charge in [-0.3, -0.25) is 4.79 Å². The van der Waals surface area contributed by atoms with Crippen molar-refractivity contribution in [3.8, 4) is 6.07 Å². The van der Waals surface area contributed by atoms with E-state index in [1.54, 1.807) is 0 Å². The van der Waals surface area contributed by atoms with Crippen molar-refractivity contribution in [3.63, 3.8) is 0 Å². The van der Waals surface area contributed by atoms with Crippen molar-refractivity contribution in [1.82, 2.24) is 4.90 Å². The van der Waals surface area contributed by atoms with E-state index in [0.29, 0.717) is 25.9 Å². The molecular weight excluding hydrogens is 269 g/mol. The second kappa shape index (κ2) is 5.53. The summed E-state index contributed by atoms with van der Waals surface area (Å²) < 4.78 is 37.8. The molecule has 1 aliphatic rings. The van der Waals surface area contributed by atoms with Gasteiger partial charge in [-0.2, -0.15) is 18.4 Å². The summed E-state index contributed by atoms with van der Waals surface area (Å²) in [7, 11) is 0. The molecule has 0 aromatic heterocycles. The fourth-order valence-electron chi connectivity index (χ4n) is 2.22. The van der Waals surface area contributed by atoms with Crippen LogP contribution in [0.3, 0.4) is 0 Å². The summed E-state index contributed by atoms with van der Waals surface area (Å²) in [5, 5.41) is 8.78. The number of nitrogens with zero attached hydrogens (tertiary/aromatic N) is 2. The molecule has 0 saturated carbocycles. The van der Waals surface area contributed by atoms with Crippen molar-refractivity contribution in [1.29, 1.82) is 5.26 Å². The van der Waals surface area contributed by atoms with E-state index in [4.69, 9.17) is 5.26 Å². The predicted octanol–water partition coefficient (Wildman–Crippen LogP) is 3.08. The first-order chi connectivity index (χ1) is 9.41. The maximum atomic E-state index is 12.6. The second-order valence-electron chi connectivity index (χ2n) is 4.77. The Balaban J connectivity index is 2.12. The van der Waals surface area contributed by atoms with Gasteiger partial charge in [0.1, 0.15) is 0 Å². The first-order valence-corrected chi connectivity index (χ1v) is 6.28. The number of carbonyl (C=O) groups is 1. The van der Waals surface area contributed by atoms with Gasteiger partial charge in [-0.15, -0.1) is 0 Å². The number of carbonyl (C=O) groups excluding carboxylic acids is 1. The van der Waals surface area contributed by atoms with Gasteiger partial charge in [0.2, 0.25) is 0 Å². The fraction of sp³-hybridized carbons (Fsp3) is 0.429. The standard InChI is InChI=1S/C14H13F3N2O/c15-14(16,17)12-3-1-2-11(8-12)13(20)19-6-4-10(9-18)5-7-19/h1-3,8,10H,4-7H2. The average molecular weight is 282 g/mol. The lowest BCUT2D eigenvalue weighted by molar-refractivity contribution is -0.137. The SMILES string of the molecule is N#CC1CCN(C(=O)c2cccc(C(F)(F)F)c2)CC1.